The van der Waals surface area contributed by atoms with E-state index in [-0.39, 0.29) is 0 Å². The number of fused-ring (bicyclic) bond motifs is 1. The maximum Gasteiger partial charge on any atom is 0.125 e. The van der Waals surface area contributed by atoms with Crippen LogP contribution in [0.15, 0.2) is 54.7 Å². The van der Waals surface area contributed by atoms with Crippen LogP contribution in [0.3, 0.4) is 0 Å². The third kappa shape index (κ3) is 1.87. The summed E-state index contributed by atoms with van der Waals surface area (Å²) in [5.41, 5.74) is 1.52. The van der Waals surface area contributed by atoms with Gasteiger partial charge in [-0.2, -0.15) is 0 Å². The number of hydrogen-bond acceptors (Lipinski definition) is 2. The summed E-state index contributed by atoms with van der Waals surface area (Å²) >= 11 is 0. The SMILES string of the molecule is COc1ccccc1C(C)(O)c1cccc2[nH]ccc12. The van der Waals surface area contributed by atoms with Crippen LogP contribution in [0.2, 0.25) is 0 Å². The molecule has 3 aromatic rings. The van der Waals surface area contributed by atoms with Crippen LogP contribution in [-0.4, -0.2) is 17.2 Å². The molecule has 0 fully saturated rings. The Morgan fingerprint density at radius 2 is 1.75 bits per heavy atom. The second-order valence-corrected chi connectivity index (χ2v) is 5.02. The minimum Gasteiger partial charge on any atom is -0.496 e. The minimum atomic E-state index is -1.12. The highest BCUT2D eigenvalue weighted by atomic mass is 16.5. The minimum absolute atomic E-state index is 0.685. The summed E-state index contributed by atoms with van der Waals surface area (Å²) in [4.78, 5) is 3.17. The first kappa shape index (κ1) is 12.8. The van der Waals surface area contributed by atoms with E-state index in [9.17, 15) is 5.11 Å². The molecule has 0 saturated heterocycles. The lowest BCUT2D eigenvalue weighted by Gasteiger charge is -2.27. The van der Waals surface area contributed by atoms with Crippen molar-refractivity contribution in [2.24, 2.45) is 0 Å². The molecule has 3 rings (SSSR count). The third-order valence-corrected chi connectivity index (χ3v) is 3.75. The Kier molecular flexibility index (Phi) is 2.99. The number of hydrogen-bond donors (Lipinski definition) is 2. The molecular formula is C17H17NO2. The fourth-order valence-electron chi connectivity index (χ4n) is 2.70. The molecule has 0 saturated carbocycles. The zero-order chi connectivity index (χ0) is 14.2. The van der Waals surface area contributed by atoms with Crippen molar-refractivity contribution in [2.75, 3.05) is 7.11 Å². The average Bonchev–Trinajstić information content (AvgIpc) is 2.95. The molecular weight excluding hydrogens is 250 g/mol. The van der Waals surface area contributed by atoms with Crippen LogP contribution in [0.25, 0.3) is 10.9 Å². The standard InChI is InChI=1S/C17H17NO2/c1-17(19,14-6-3-4-9-16(14)20-2)13-7-5-8-15-12(13)10-11-18-15/h3-11,18-19H,1-2H3. The Balaban J connectivity index is 2.23. The lowest BCUT2D eigenvalue weighted by molar-refractivity contribution is 0.101. The molecule has 1 unspecified atom stereocenters. The number of ether oxygens (including phenoxy) is 1. The number of H-pyrrole nitrogens is 1. The molecule has 1 atom stereocenters. The van der Waals surface area contributed by atoms with Crippen LogP contribution in [0.4, 0.5) is 0 Å². The number of nitrogens with one attached hydrogen (secondary N) is 1. The van der Waals surface area contributed by atoms with Crippen molar-refractivity contribution in [3.63, 3.8) is 0 Å². The Hall–Kier alpha value is -2.26. The topological polar surface area (TPSA) is 45.2 Å². The highest BCUT2D eigenvalue weighted by Gasteiger charge is 2.30. The van der Waals surface area contributed by atoms with Crippen molar-refractivity contribution in [3.05, 3.63) is 65.9 Å². The van der Waals surface area contributed by atoms with Gasteiger partial charge in [0.05, 0.1) is 7.11 Å². The van der Waals surface area contributed by atoms with Gasteiger partial charge in [-0.3, -0.25) is 0 Å². The molecule has 0 aliphatic heterocycles. The molecule has 2 N–H and O–H groups in total. The summed E-state index contributed by atoms with van der Waals surface area (Å²) in [6.45, 7) is 1.80. The normalized spacial score (nSPS) is 14.2. The first-order chi connectivity index (χ1) is 9.64. The highest BCUT2D eigenvalue weighted by Crippen LogP contribution is 2.38. The zero-order valence-electron chi connectivity index (χ0n) is 11.6. The van der Waals surface area contributed by atoms with Crippen molar-refractivity contribution in [2.45, 2.75) is 12.5 Å². The summed E-state index contributed by atoms with van der Waals surface area (Å²) in [5.74, 6) is 0.685. The van der Waals surface area contributed by atoms with E-state index >= 15 is 0 Å². The van der Waals surface area contributed by atoms with Crippen LogP contribution in [-0.2, 0) is 5.60 Å². The van der Waals surface area contributed by atoms with Gasteiger partial charge < -0.3 is 14.8 Å². The van der Waals surface area contributed by atoms with Gasteiger partial charge >= 0.3 is 0 Å². The first-order valence-electron chi connectivity index (χ1n) is 6.57. The van der Waals surface area contributed by atoms with E-state index in [0.717, 1.165) is 22.0 Å². The molecule has 1 heterocycles. The summed E-state index contributed by atoms with van der Waals surface area (Å²) < 4.78 is 5.38. The summed E-state index contributed by atoms with van der Waals surface area (Å²) in [6.07, 6.45) is 1.88. The molecule has 3 nitrogen and oxygen atoms in total. The van der Waals surface area contributed by atoms with Gasteiger partial charge in [-0.15, -0.1) is 0 Å². The maximum absolute atomic E-state index is 11.1. The summed E-state index contributed by atoms with van der Waals surface area (Å²) in [7, 11) is 1.62. The number of aromatic nitrogens is 1. The predicted octanol–water partition coefficient (Wildman–Crippen LogP) is 3.43. The van der Waals surface area contributed by atoms with Crippen molar-refractivity contribution >= 4 is 10.9 Å². The van der Waals surface area contributed by atoms with Crippen molar-refractivity contribution < 1.29 is 9.84 Å². The summed E-state index contributed by atoms with van der Waals surface area (Å²) in [6, 6.07) is 15.4. The van der Waals surface area contributed by atoms with E-state index in [4.69, 9.17) is 4.74 Å². The summed E-state index contributed by atoms with van der Waals surface area (Å²) in [5, 5.41) is 12.1. The molecule has 20 heavy (non-hydrogen) atoms. The van der Waals surface area contributed by atoms with Gasteiger partial charge in [0.2, 0.25) is 0 Å². The number of aromatic amines is 1. The van der Waals surface area contributed by atoms with Gasteiger partial charge in [-0.1, -0.05) is 30.3 Å². The molecule has 102 valence electrons. The van der Waals surface area contributed by atoms with Gasteiger partial charge in [0.15, 0.2) is 0 Å². The number of methoxy groups -OCH3 is 1. The van der Waals surface area contributed by atoms with Crippen molar-refractivity contribution in [1.29, 1.82) is 0 Å². The molecule has 1 aromatic heterocycles. The average molecular weight is 267 g/mol. The maximum atomic E-state index is 11.1. The Bertz CT molecular complexity index is 743. The van der Waals surface area contributed by atoms with Crippen LogP contribution in [0, 0.1) is 0 Å². The molecule has 2 aromatic carbocycles. The van der Waals surface area contributed by atoms with Crippen LogP contribution in [0.1, 0.15) is 18.1 Å². The fraction of sp³-hybridized carbons (Fsp3) is 0.176. The predicted molar refractivity (Wildman–Crippen MR) is 80.0 cm³/mol. The molecule has 0 bridgehead atoms. The number of aliphatic hydroxyl groups is 1. The Morgan fingerprint density at radius 3 is 2.55 bits per heavy atom. The van der Waals surface area contributed by atoms with Gasteiger partial charge in [0, 0.05) is 22.7 Å². The van der Waals surface area contributed by atoms with Crippen molar-refractivity contribution in [3.8, 4) is 5.75 Å². The molecule has 0 aliphatic rings. The van der Waals surface area contributed by atoms with Crippen LogP contribution >= 0.6 is 0 Å². The van der Waals surface area contributed by atoms with Crippen LogP contribution in [0.5, 0.6) is 5.75 Å². The first-order valence-corrected chi connectivity index (χ1v) is 6.57. The van der Waals surface area contributed by atoms with E-state index in [1.165, 1.54) is 0 Å². The molecule has 0 amide bonds. The second kappa shape index (κ2) is 4.69. The van der Waals surface area contributed by atoms with Gasteiger partial charge in [0.1, 0.15) is 11.4 Å². The van der Waals surface area contributed by atoms with E-state index in [1.807, 2.05) is 54.7 Å². The van der Waals surface area contributed by atoms with Crippen LogP contribution < -0.4 is 4.74 Å². The lowest BCUT2D eigenvalue weighted by Crippen LogP contribution is -2.23. The lowest BCUT2D eigenvalue weighted by atomic mass is 9.86. The number of rotatable bonds is 3. The Morgan fingerprint density at radius 1 is 1.00 bits per heavy atom. The smallest absolute Gasteiger partial charge is 0.125 e. The molecule has 0 aliphatic carbocycles. The van der Waals surface area contributed by atoms with E-state index in [0.29, 0.717) is 5.75 Å². The molecule has 0 spiro atoms. The van der Waals surface area contributed by atoms with E-state index in [2.05, 4.69) is 4.98 Å². The third-order valence-electron chi connectivity index (χ3n) is 3.75. The largest absolute Gasteiger partial charge is 0.496 e. The van der Waals surface area contributed by atoms with Gasteiger partial charge in [-0.25, -0.2) is 0 Å². The highest BCUT2D eigenvalue weighted by molar-refractivity contribution is 5.84. The Labute approximate surface area is 117 Å². The van der Waals surface area contributed by atoms with Crippen molar-refractivity contribution in [1.82, 2.24) is 4.98 Å². The fourth-order valence-corrected chi connectivity index (χ4v) is 2.70. The quantitative estimate of drug-likeness (QED) is 0.763. The number of benzene rings is 2. The zero-order valence-corrected chi connectivity index (χ0v) is 11.6. The van der Waals surface area contributed by atoms with E-state index in [1.54, 1.807) is 14.0 Å². The second-order valence-electron chi connectivity index (χ2n) is 5.02. The van der Waals surface area contributed by atoms with Gasteiger partial charge in [-0.05, 0) is 30.7 Å². The number of para-hydroxylation sites is 1. The molecule has 0 radical (unpaired) electrons. The van der Waals surface area contributed by atoms with E-state index < -0.39 is 5.60 Å². The van der Waals surface area contributed by atoms with Gasteiger partial charge in [0.25, 0.3) is 0 Å². The monoisotopic (exact) mass is 267 g/mol. The molecule has 3 heteroatoms.